The minimum atomic E-state index is -0.499. The van der Waals surface area contributed by atoms with E-state index in [2.05, 4.69) is 28.8 Å². The van der Waals surface area contributed by atoms with E-state index in [1.807, 2.05) is 32.9 Å². The summed E-state index contributed by atoms with van der Waals surface area (Å²) in [6.07, 6.45) is 2.78. The second kappa shape index (κ2) is 6.28. The largest absolute Gasteiger partial charge is 0.346 e. The number of fused-ring (bicyclic) bond motifs is 1. The molecule has 0 unspecified atom stereocenters. The molecule has 0 radical (unpaired) electrons. The fraction of sp³-hybridized carbons (Fsp3) is 0.474. The minimum Gasteiger partial charge on any atom is -0.346 e. The second-order valence-electron chi connectivity index (χ2n) is 7.00. The predicted molar refractivity (Wildman–Crippen MR) is 93.3 cm³/mol. The molecule has 1 atom stereocenters. The van der Waals surface area contributed by atoms with Crippen LogP contribution >= 0.6 is 0 Å². The van der Waals surface area contributed by atoms with Crippen molar-refractivity contribution in [1.82, 2.24) is 15.6 Å². The van der Waals surface area contributed by atoms with E-state index in [4.69, 9.17) is 4.98 Å². The highest BCUT2D eigenvalue weighted by atomic mass is 16.1. The molecular weight excluding hydrogens is 286 g/mol. The van der Waals surface area contributed by atoms with Crippen LogP contribution in [-0.4, -0.2) is 23.5 Å². The fourth-order valence-corrected chi connectivity index (χ4v) is 3.42. The number of aryl methyl sites for hydroxylation is 1. The highest BCUT2D eigenvalue weighted by Gasteiger charge is 2.28. The Hall–Kier alpha value is -1.94. The molecule has 1 aromatic heterocycles. The molecule has 0 spiro atoms. The van der Waals surface area contributed by atoms with Gasteiger partial charge >= 0.3 is 0 Å². The monoisotopic (exact) mass is 311 g/mol. The maximum absolute atomic E-state index is 12.4. The van der Waals surface area contributed by atoms with Crippen molar-refractivity contribution in [3.63, 3.8) is 0 Å². The zero-order valence-electron chi connectivity index (χ0n) is 14.1. The van der Waals surface area contributed by atoms with Gasteiger partial charge in [-0.05, 0) is 51.6 Å². The van der Waals surface area contributed by atoms with Gasteiger partial charge in [0.25, 0.3) is 0 Å². The number of hydrogen-bond donors (Lipinski definition) is 2. The first kappa shape index (κ1) is 15.9. The van der Waals surface area contributed by atoms with Crippen LogP contribution in [0.3, 0.4) is 0 Å². The number of carbonyl (C=O) groups is 1. The first-order chi connectivity index (χ1) is 11.0. The van der Waals surface area contributed by atoms with E-state index in [1.165, 1.54) is 0 Å². The van der Waals surface area contributed by atoms with Crippen LogP contribution in [0.5, 0.6) is 0 Å². The summed E-state index contributed by atoms with van der Waals surface area (Å²) in [6, 6.07) is 10.6. The van der Waals surface area contributed by atoms with E-state index in [-0.39, 0.29) is 5.91 Å². The fourth-order valence-electron chi connectivity index (χ4n) is 3.42. The van der Waals surface area contributed by atoms with Gasteiger partial charge in [-0.15, -0.1) is 0 Å². The summed E-state index contributed by atoms with van der Waals surface area (Å²) in [5, 5.41) is 8.81. The number of nitrogens with zero attached hydrogens (tertiary/aromatic N) is 1. The Morgan fingerprint density at radius 1 is 1.39 bits per heavy atom. The third kappa shape index (κ3) is 3.53. The Morgan fingerprint density at radius 2 is 2.17 bits per heavy atom. The van der Waals surface area contributed by atoms with Crippen molar-refractivity contribution in [3.05, 3.63) is 41.7 Å². The summed E-state index contributed by atoms with van der Waals surface area (Å²) in [6.45, 7) is 7.07. The van der Waals surface area contributed by atoms with Gasteiger partial charge < -0.3 is 10.6 Å². The average Bonchev–Trinajstić information content (AvgIpc) is 2.98. The molecule has 2 N–H and O–H groups in total. The molecule has 4 nitrogen and oxygen atoms in total. The van der Waals surface area contributed by atoms with E-state index in [0.717, 1.165) is 41.5 Å². The Labute approximate surface area is 137 Å². The Bertz CT molecular complexity index is 718. The molecule has 1 saturated heterocycles. The van der Waals surface area contributed by atoms with Crippen molar-refractivity contribution in [2.45, 2.75) is 51.6 Å². The van der Waals surface area contributed by atoms with Gasteiger partial charge in [-0.1, -0.05) is 24.3 Å². The van der Waals surface area contributed by atoms with Crippen LogP contribution in [0.15, 0.2) is 30.3 Å². The molecule has 122 valence electrons. The maximum Gasteiger partial charge on any atom is 0.222 e. The van der Waals surface area contributed by atoms with Gasteiger partial charge in [-0.25, -0.2) is 0 Å². The third-order valence-electron chi connectivity index (χ3n) is 4.51. The number of amides is 1. The topological polar surface area (TPSA) is 54.0 Å². The van der Waals surface area contributed by atoms with Crippen molar-refractivity contribution >= 4 is 16.7 Å². The van der Waals surface area contributed by atoms with Crippen molar-refractivity contribution in [1.29, 1.82) is 0 Å². The van der Waals surface area contributed by atoms with Crippen molar-refractivity contribution in [3.8, 4) is 0 Å². The van der Waals surface area contributed by atoms with Crippen LogP contribution in [0, 0.1) is 6.92 Å². The molecule has 1 amide bonds. The lowest BCUT2D eigenvalue weighted by atomic mass is 9.93. The predicted octanol–water partition coefficient (Wildman–Crippen LogP) is 3.04. The maximum atomic E-state index is 12.4. The molecule has 3 rings (SSSR count). The molecule has 1 aromatic carbocycles. The van der Waals surface area contributed by atoms with Gasteiger partial charge in [0, 0.05) is 23.5 Å². The summed E-state index contributed by atoms with van der Waals surface area (Å²) in [5.41, 5.74) is 1.40. The molecule has 1 fully saturated rings. The first-order valence-electron chi connectivity index (χ1n) is 8.37. The number of hydrogen-bond acceptors (Lipinski definition) is 3. The van der Waals surface area contributed by atoms with Crippen LogP contribution in [-0.2, 0) is 10.3 Å². The van der Waals surface area contributed by atoms with Crippen LogP contribution in [0.25, 0.3) is 10.8 Å². The van der Waals surface area contributed by atoms with Gasteiger partial charge in [0.2, 0.25) is 5.91 Å². The molecule has 1 aliphatic heterocycles. The number of rotatable bonds is 4. The van der Waals surface area contributed by atoms with Crippen LogP contribution in [0.2, 0.25) is 0 Å². The molecular formula is C19H25N3O. The lowest BCUT2D eigenvalue weighted by molar-refractivity contribution is -0.123. The van der Waals surface area contributed by atoms with Gasteiger partial charge in [-0.3, -0.25) is 9.78 Å². The zero-order valence-corrected chi connectivity index (χ0v) is 14.1. The molecule has 2 aromatic rings. The minimum absolute atomic E-state index is 0.0850. The number of nitrogens with one attached hydrogen (secondary N) is 2. The Balaban J connectivity index is 1.85. The van der Waals surface area contributed by atoms with Crippen LogP contribution in [0.1, 0.15) is 44.5 Å². The molecule has 2 heterocycles. The van der Waals surface area contributed by atoms with Crippen molar-refractivity contribution in [2.75, 3.05) is 6.54 Å². The zero-order chi connectivity index (χ0) is 16.4. The van der Waals surface area contributed by atoms with Crippen molar-refractivity contribution in [2.24, 2.45) is 0 Å². The number of aromatic nitrogens is 1. The van der Waals surface area contributed by atoms with Gasteiger partial charge in [0.05, 0.1) is 11.2 Å². The van der Waals surface area contributed by atoms with Gasteiger partial charge in [-0.2, -0.15) is 0 Å². The quantitative estimate of drug-likeness (QED) is 0.912. The van der Waals surface area contributed by atoms with E-state index in [9.17, 15) is 4.79 Å². The molecule has 0 saturated carbocycles. The molecule has 4 heteroatoms. The van der Waals surface area contributed by atoms with Gasteiger partial charge in [0.15, 0.2) is 0 Å². The smallest absolute Gasteiger partial charge is 0.222 e. The van der Waals surface area contributed by atoms with E-state index in [0.29, 0.717) is 12.5 Å². The SMILES string of the molecule is Cc1cc2ccccc2c(C(C)(C)NC(=O)C[C@H]2CCCN2)n1. The van der Waals surface area contributed by atoms with Crippen molar-refractivity contribution < 1.29 is 4.79 Å². The number of benzene rings is 1. The van der Waals surface area contributed by atoms with E-state index < -0.39 is 5.54 Å². The summed E-state index contributed by atoms with van der Waals surface area (Å²) in [7, 11) is 0. The number of carbonyl (C=O) groups excluding carboxylic acids is 1. The van der Waals surface area contributed by atoms with Crippen LogP contribution < -0.4 is 10.6 Å². The summed E-state index contributed by atoms with van der Waals surface area (Å²) in [4.78, 5) is 17.2. The lowest BCUT2D eigenvalue weighted by Crippen LogP contribution is -2.43. The van der Waals surface area contributed by atoms with Crippen LogP contribution in [0.4, 0.5) is 0 Å². The summed E-state index contributed by atoms with van der Waals surface area (Å²) >= 11 is 0. The molecule has 1 aliphatic rings. The average molecular weight is 311 g/mol. The summed E-state index contributed by atoms with van der Waals surface area (Å²) in [5.74, 6) is 0.0850. The van der Waals surface area contributed by atoms with E-state index in [1.54, 1.807) is 0 Å². The normalized spacial score (nSPS) is 18.3. The standard InChI is InChI=1S/C19H25N3O/c1-13-11-14-7-4-5-9-16(14)18(21-13)19(2,3)22-17(23)12-15-8-6-10-20-15/h4-5,7,9,11,15,20H,6,8,10,12H2,1-3H3,(H,22,23)/t15-/m1/s1. The lowest BCUT2D eigenvalue weighted by Gasteiger charge is -2.28. The highest BCUT2D eigenvalue weighted by Crippen LogP contribution is 2.27. The molecule has 0 bridgehead atoms. The molecule has 0 aliphatic carbocycles. The first-order valence-corrected chi connectivity index (χ1v) is 8.37. The molecule has 23 heavy (non-hydrogen) atoms. The second-order valence-corrected chi connectivity index (χ2v) is 7.00. The number of pyridine rings is 1. The summed E-state index contributed by atoms with van der Waals surface area (Å²) < 4.78 is 0. The third-order valence-corrected chi connectivity index (χ3v) is 4.51. The van der Waals surface area contributed by atoms with Gasteiger partial charge in [0.1, 0.15) is 0 Å². The Kier molecular flexibility index (Phi) is 4.35. The van der Waals surface area contributed by atoms with E-state index >= 15 is 0 Å². The highest BCUT2D eigenvalue weighted by molar-refractivity contribution is 5.86. The Morgan fingerprint density at radius 3 is 2.91 bits per heavy atom.